The Kier molecular flexibility index (Phi) is 607. The largest absolute Gasteiger partial charge is 3.00 e. The molecule has 0 aliphatic rings. The Labute approximate surface area is 66.8 Å². The van der Waals surface area contributed by atoms with E-state index in [9.17, 15) is 0 Å². The molecule has 0 rings (SSSR count). The summed E-state index contributed by atoms with van der Waals surface area (Å²) >= 11 is 10.2. The van der Waals surface area contributed by atoms with Gasteiger partial charge in [0.25, 0.3) is 0 Å². The summed E-state index contributed by atoms with van der Waals surface area (Å²) in [6, 6.07) is 0. The summed E-state index contributed by atoms with van der Waals surface area (Å²) in [6.45, 7) is 0. The SMILES string of the molecule is [Fe+3].[O-]Cl.[O-]Cl.[O-]Cl. The van der Waals surface area contributed by atoms with Crippen molar-refractivity contribution in [2.75, 3.05) is 0 Å². The maximum atomic E-state index is 7.72. The van der Waals surface area contributed by atoms with E-state index >= 15 is 0 Å². The Bertz CT molecular complexity index is 10.1. The van der Waals surface area contributed by atoms with Crippen LogP contribution in [0.1, 0.15) is 0 Å². The van der Waals surface area contributed by atoms with Crippen LogP contribution in [0.2, 0.25) is 0 Å². The molecule has 0 aromatic carbocycles. The molecule has 0 bridgehead atoms. The molecule has 47 valence electrons. The molecule has 0 amide bonds. The Morgan fingerprint density at radius 2 is 0.571 bits per heavy atom. The Morgan fingerprint density at radius 3 is 0.571 bits per heavy atom. The monoisotopic (exact) mass is 209 g/mol. The molecule has 0 unspecified atom stereocenters. The molecule has 0 N–H and O–H groups in total. The molecule has 0 spiro atoms. The van der Waals surface area contributed by atoms with E-state index in [0.29, 0.717) is 0 Å². The topological polar surface area (TPSA) is 69.2 Å². The molecule has 0 aliphatic heterocycles. The van der Waals surface area contributed by atoms with Crippen molar-refractivity contribution in [1.82, 2.24) is 0 Å². The molecule has 7 heavy (non-hydrogen) atoms. The minimum Gasteiger partial charge on any atom is -0.769 e. The van der Waals surface area contributed by atoms with Crippen molar-refractivity contribution >= 4 is 35.6 Å². The molecule has 1 radical (unpaired) electrons. The first-order valence-corrected chi connectivity index (χ1v) is 1.39. The van der Waals surface area contributed by atoms with E-state index in [1.807, 2.05) is 0 Å². The summed E-state index contributed by atoms with van der Waals surface area (Å²) in [4.78, 5) is 0. The van der Waals surface area contributed by atoms with E-state index in [4.69, 9.17) is 14.0 Å². The normalized spacial score (nSPS) is 2.57. The van der Waals surface area contributed by atoms with Gasteiger partial charge in [0.15, 0.2) is 0 Å². The molecule has 3 nitrogen and oxygen atoms in total. The van der Waals surface area contributed by atoms with Crippen LogP contribution in [0.4, 0.5) is 0 Å². The van der Waals surface area contributed by atoms with Crippen LogP contribution in [-0.2, 0) is 17.1 Å². The van der Waals surface area contributed by atoms with Crippen LogP contribution in [0.5, 0.6) is 0 Å². The second-order valence-electron chi connectivity index (χ2n) is 0. The van der Waals surface area contributed by atoms with Crippen LogP contribution < -0.4 is 14.0 Å². The molecule has 0 aliphatic carbocycles. The number of hydrogen-bond acceptors (Lipinski definition) is 3. The molecule has 0 saturated carbocycles. The maximum Gasteiger partial charge on any atom is 3.00 e. The van der Waals surface area contributed by atoms with Crippen molar-refractivity contribution < 1.29 is 31.0 Å². The third kappa shape index (κ3) is 125. The first kappa shape index (κ1) is 24.0. The van der Waals surface area contributed by atoms with E-state index in [1.165, 1.54) is 0 Å². The molecule has 0 aromatic rings. The predicted molar refractivity (Wildman–Crippen MR) is 17.6 cm³/mol. The minimum atomic E-state index is 0. The number of hydrogen-bond donors (Lipinski definition) is 0. The van der Waals surface area contributed by atoms with E-state index in [1.54, 1.807) is 0 Å². The van der Waals surface area contributed by atoms with Crippen LogP contribution in [-0.4, -0.2) is 0 Å². The van der Waals surface area contributed by atoms with Gasteiger partial charge in [0.2, 0.25) is 0 Å². The Hall–Kier alpha value is 1.27. The predicted octanol–water partition coefficient (Wildman–Crippen LogP) is -1.50. The fourth-order valence-corrected chi connectivity index (χ4v) is 0. The van der Waals surface area contributed by atoms with Crippen LogP contribution >= 0.6 is 35.6 Å². The van der Waals surface area contributed by atoms with Gasteiger partial charge in [0.05, 0.1) is 0 Å². The molecular weight excluding hydrogens is 210 g/mol. The Morgan fingerprint density at radius 1 is 0.571 bits per heavy atom. The molecule has 0 aromatic heterocycles. The fraction of sp³-hybridized carbons (Fsp3) is 0. The summed E-state index contributed by atoms with van der Waals surface area (Å²) in [5.41, 5.74) is 0. The standard InChI is InChI=1S/3ClO.Fe/c3*1-2;/q3*-1;+3. The summed E-state index contributed by atoms with van der Waals surface area (Å²) in [6.07, 6.45) is 0. The fourth-order valence-electron chi connectivity index (χ4n) is 0. The van der Waals surface area contributed by atoms with Gasteiger partial charge in [-0.3, -0.25) is 0 Å². The molecule has 0 atom stereocenters. The maximum absolute atomic E-state index is 7.72. The average Bonchev–Trinajstić information content (AvgIpc) is 1.81. The third-order valence-corrected chi connectivity index (χ3v) is 0. The van der Waals surface area contributed by atoms with E-state index in [-0.39, 0.29) is 17.1 Å². The Balaban J connectivity index is -0.00000000900. The molecule has 0 heterocycles. The van der Waals surface area contributed by atoms with Crippen LogP contribution in [0.15, 0.2) is 0 Å². The summed E-state index contributed by atoms with van der Waals surface area (Å²) < 4.78 is 23.2. The zero-order chi connectivity index (χ0) is 6.00. The van der Waals surface area contributed by atoms with Gasteiger partial charge in [-0.25, -0.2) is 35.6 Å². The second-order valence-corrected chi connectivity index (χ2v) is 0. The number of halogens is 3. The molecular formula is Cl3FeO3. The van der Waals surface area contributed by atoms with Crippen LogP contribution in [0.3, 0.4) is 0 Å². The van der Waals surface area contributed by atoms with Crippen molar-refractivity contribution in [1.29, 1.82) is 0 Å². The van der Waals surface area contributed by atoms with Gasteiger partial charge in [0.1, 0.15) is 0 Å². The van der Waals surface area contributed by atoms with Crippen LogP contribution in [0.25, 0.3) is 0 Å². The van der Waals surface area contributed by atoms with Crippen molar-refractivity contribution in [3.05, 3.63) is 0 Å². The van der Waals surface area contributed by atoms with Crippen LogP contribution in [0, 0.1) is 0 Å². The summed E-state index contributed by atoms with van der Waals surface area (Å²) in [7, 11) is 0. The van der Waals surface area contributed by atoms with E-state index < -0.39 is 0 Å². The number of rotatable bonds is 0. The van der Waals surface area contributed by atoms with Gasteiger partial charge < -0.3 is 14.0 Å². The quantitative estimate of drug-likeness (QED) is 0.457. The molecule has 0 fully saturated rings. The van der Waals surface area contributed by atoms with Crippen molar-refractivity contribution in [3.8, 4) is 0 Å². The van der Waals surface area contributed by atoms with Gasteiger partial charge in [-0.2, -0.15) is 0 Å². The summed E-state index contributed by atoms with van der Waals surface area (Å²) in [5.74, 6) is 0. The second kappa shape index (κ2) is 177. The first-order chi connectivity index (χ1) is 3.00. The average molecular weight is 210 g/mol. The van der Waals surface area contributed by atoms with E-state index in [2.05, 4.69) is 35.6 Å². The summed E-state index contributed by atoms with van der Waals surface area (Å²) in [5, 5.41) is 0. The van der Waals surface area contributed by atoms with E-state index in [0.717, 1.165) is 0 Å². The first-order valence-electron chi connectivity index (χ1n) is 0.463. The molecule has 0 saturated heterocycles. The minimum absolute atomic E-state index is 0. The van der Waals surface area contributed by atoms with Crippen molar-refractivity contribution in [3.63, 3.8) is 0 Å². The van der Waals surface area contributed by atoms with Crippen molar-refractivity contribution in [2.24, 2.45) is 0 Å². The third-order valence-electron chi connectivity index (χ3n) is 0. The zero-order valence-corrected chi connectivity index (χ0v) is 6.08. The van der Waals surface area contributed by atoms with Gasteiger partial charge in [-0.15, -0.1) is 0 Å². The van der Waals surface area contributed by atoms with Gasteiger partial charge in [-0.05, 0) is 0 Å². The smallest absolute Gasteiger partial charge is 0.769 e. The zero-order valence-electron chi connectivity index (χ0n) is 2.71. The van der Waals surface area contributed by atoms with Gasteiger partial charge in [-0.1, -0.05) is 0 Å². The van der Waals surface area contributed by atoms with Gasteiger partial charge >= 0.3 is 17.1 Å². The molecule has 7 heteroatoms. The van der Waals surface area contributed by atoms with Crippen molar-refractivity contribution in [2.45, 2.75) is 0 Å². The van der Waals surface area contributed by atoms with Gasteiger partial charge in [0, 0.05) is 0 Å².